The zero-order valence-corrected chi connectivity index (χ0v) is 15.8. The van der Waals surface area contributed by atoms with Crippen LogP contribution in [0.15, 0.2) is 34.2 Å². The van der Waals surface area contributed by atoms with Gasteiger partial charge in [0.15, 0.2) is 10.3 Å². The highest BCUT2D eigenvalue weighted by Crippen LogP contribution is 2.27. The minimum absolute atomic E-state index is 0.176. The molecule has 3 aromatic rings. The fraction of sp³-hybridized carbons (Fsp3) is 0.294. The highest BCUT2D eigenvalue weighted by atomic mass is 32.2. The first-order valence-corrected chi connectivity index (χ1v) is 9.59. The summed E-state index contributed by atoms with van der Waals surface area (Å²) in [6.45, 7) is 5.73. The van der Waals surface area contributed by atoms with E-state index in [2.05, 4.69) is 20.3 Å². The number of aromatic amines is 1. The number of nitrogens with one attached hydrogen (secondary N) is 2. The third-order valence-electron chi connectivity index (χ3n) is 3.57. The zero-order valence-electron chi connectivity index (χ0n) is 14.1. The Morgan fingerprint density at radius 2 is 2.16 bits per heavy atom. The standard InChI is InChI=1S/C17H18N4O2S2/c1-4-11-8-14(22)20-16(18-11)24-10(3)15(23)21-17-19-12-6-5-9(2)7-13(12)25-17/h5-8,10H,4H2,1-3H3,(H,18,20,22)(H,19,21,23). The summed E-state index contributed by atoms with van der Waals surface area (Å²) in [7, 11) is 0. The van der Waals surface area contributed by atoms with Crippen molar-refractivity contribution in [3.63, 3.8) is 0 Å². The quantitative estimate of drug-likeness (QED) is 0.528. The number of fused-ring (bicyclic) bond motifs is 1. The molecule has 1 aromatic carbocycles. The molecule has 2 N–H and O–H groups in total. The number of hydrogen-bond donors (Lipinski definition) is 2. The van der Waals surface area contributed by atoms with Crippen LogP contribution in [0.5, 0.6) is 0 Å². The lowest BCUT2D eigenvalue weighted by Crippen LogP contribution is -2.23. The van der Waals surface area contributed by atoms with Crippen LogP contribution in [0.25, 0.3) is 10.2 Å². The highest BCUT2D eigenvalue weighted by molar-refractivity contribution is 8.00. The van der Waals surface area contributed by atoms with Crippen molar-refractivity contribution in [3.8, 4) is 0 Å². The van der Waals surface area contributed by atoms with Crippen molar-refractivity contribution in [3.05, 3.63) is 45.9 Å². The number of aryl methyl sites for hydroxylation is 2. The van der Waals surface area contributed by atoms with Gasteiger partial charge in [-0.3, -0.25) is 9.59 Å². The van der Waals surface area contributed by atoms with Gasteiger partial charge in [0.2, 0.25) is 5.91 Å². The minimum atomic E-state index is -0.413. The third kappa shape index (κ3) is 4.26. The van der Waals surface area contributed by atoms with Gasteiger partial charge in [-0.05, 0) is 38.0 Å². The Labute approximate surface area is 153 Å². The van der Waals surface area contributed by atoms with E-state index in [4.69, 9.17) is 0 Å². The minimum Gasteiger partial charge on any atom is -0.301 e. The molecule has 25 heavy (non-hydrogen) atoms. The number of H-pyrrole nitrogens is 1. The summed E-state index contributed by atoms with van der Waals surface area (Å²) in [6, 6.07) is 7.46. The van der Waals surface area contributed by atoms with E-state index in [1.165, 1.54) is 29.2 Å². The van der Waals surface area contributed by atoms with Gasteiger partial charge in [-0.15, -0.1) is 0 Å². The van der Waals surface area contributed by atoms with E-state index >= 15 is 0 Å². The number of amides is 1. The molecule has 0 aliphatic carbocycles. The number of anilines is 1. The van der Waals surface area contributed by atoms with Gasteiger partial charge in [0.1, 0.15) is 0 Å². The van der Waals surface area contributed by atoms with E-state index in [0.29, 0.717) is 22.4 Å². The first-order chi connectivity index (χ1) is 11.9. The molecular formula is C17H18N4O2S2. The first kappa shape index (κ1) is 17.6. The van der Waals surface area contributed by atoms with E-state index in [1.807, 2.05) is 32.0 Å². The zero-order chi connectivity index (χ0) is 18.0. The second-order valence-corrected chi connectivity index (χ2v) is 8.00. The maximum atomic E-state index is 12.4. The Morgan fingerprint density at radius 3 is 2.92 bits per heavy atom. The van der Waals surface area contributed by atoms with Gasteiger partial charge in [-0.1, -0.05) is 36.1 Å². The van der Waals surface area contributed by atoms with Gasteiger partial charge in [0, 0.05) is 11.8 Å². The Bertz CT molecular complexity index is 980. The maximum absolute atomic E-state index is 12.4. The summed E-state index contributed by atoms with van der Waals surface area (Å²) in [5, 5.41) is 3.45. The van der Waals surface area contributed by atoms with Gasteiger partial charge < -0.3 is 10.3 Å². The molecule has 0 fully saturated rings. The van der Waals surface area contributed by atoms with Crippen molar-refractivity contribution in [2.75, 3.05) is 5.32 Å². The smallest absolute Gasteiger partial charge is 0.251 e. The molecule has 0 bridgehead atoms. The molecule has 8 heteroatoms. The Balaban J connectivity index is 1.71. The fourth-order valence-corrected chi connectivity index (χ4v) is 4.03. The maximum Gasteiger partial charge on any atom is 0.251 e. The van der Waals surface area contributed by atoms with Crippen LogP contribution in [0.1, 0.15) is 25.1 Å². The molecule has 1 amide bonds. The predicted octanol–water partition coefficient (Wildman–Crippen LogP) is 3.37. The average Bonchev–Trinajstić information content (AvgIpc) is 2.95. The van der Waals surface area contributed by atoms with Crippen LogP contribution in [0, 0.1) is 6.92 Å². The van der Waals surface area contributed by atoms with Crippen molar-refractivity contribution in [2.45, 2.75) is 37.6 Å². The van der Waals surface area contributed by atoms with Crippen molar-refractivity contribution in [2.24, 2.45) is 0 Å². The Morgan fingerprint density at radius 1 is 1.36 bits per heavy atom. The SMILES string of the molecule is CCc1cc(=O)[nH]c(SC(C)C(=O)Nc2nc3ccc(C)cc3s2)n1. The molecule has 130 valence electrons. The van der Waals surface area contributed by atoms with Gasteiger partial charge in [-0.25, -0.2) is 9.97 Å². The average molecular weight is 374 g/mol. The summed E-state index contributed by atoms with van der Waals surface area (Å²) in [5.74, 6) is -0.176. The molecule has 6 nitrogen and oxygen atoms in total. The summed E-state index contributed by atoms with van der Waals surface area (Å²) in [4.78, 5) is 35.5. The molecule has 0 aliphatic heterocycles. The van der Waals surface area contributed by atoms with Crippen LogP contribution in [0.2, 0.25) is 0 Å². The fourth-order valence-electron chi connectivity index (χ4n) is 2.23. The topological polar surface area (TPSA) is 87.7 Å². The number of carbonyl (C=O) groups excluding carboxylic acids is 1. The van der Waals surface area contributed by atoms with Crippen molar-refractivity contribution in [1.82, 2.24) is 15.0 Å². The van der Waals surface area contributed by atoms with Gasteiger partial charge in [0.05, 0.1) is 15.5 Å². The van der Waals surface area contributed by atoms with Crippen LogP contribution in [-0.2, 0) is 11.2 Å². The molecular weight excluding hydrogens is 356 g/mol. The Hall–Kier alpha value is -2.19. The van der Waals surface area contributed by atoms with E-state index in [9.17, 15) is 9.59 Å². The molecule has 0 saturated carbocycles. The molecule has 0 aliphatic rings. The molecule has 3 rings (SSSR count). The summed E-state index contributed by atoms with van der Waals surface area (Å²) >= 11 is 2.67. The van der Waals surface area contributed by atoms with E-state index < -0.39 is 5.25 Å². The molecule has 1 unspecified atom stereocenters. The number of rotatable bonds is 5. The number of hydrogen-bond acceptors (Lipinski definition) is 6. The second kappa shape index (κ2) is 7.37. The Kier molecular flexibility index (Phi) is 5.19. The predicted molar refractivity (Wildman–Crippen MR) is 103 cm³/mol. The van der Waals surface area contributed by atoms with Crippen molar-refractivity contribution < 1.29 is 4.79 Å². The van der Waals surface area contributed by atoms with Crippen LogP contribution in [-0.4, -0.2) is 26.1 Å². The molecule has 2 heterocycles. The lowest BCUT2D eigenvalue weighted by Gasteiger charge is -2.10. The number of thiazole rings is 1. The largest absolute Gasteiger partial charge is 0.301 e. The van der Waals surface area contributed by atoms with E-state index in [-0.39, 0.29) is 11.5 Å². The molecule has 0 radical (unpaired) electrons. The molecule has 1 atom stereocenters. The molecule has 0 saturated heterocycles. The lowest BCUT2D eigenvalue weighted by molar-refractivity contribution is -0.115. The number of carbonyl (C=O) groups is 1. The monoisotopic (exact) mass is 374 g/mol. The summed E-state index contributed by atoms with van der Waals surface area (Å²) in [5.41, 5.74) is 2.53. The summed E-state index contributed by atoms with van der Waals surface area (Å²) in [6.07, 6.45) is 0.670. The van der Waals surface area contributed by atoms with Crippen LogP contribution >= 0.6 is 23.1 Å². The first-order valence-electron chi connectivity index (χ1n) is 7.89. The van der Waals surface area contributed by atoms with Crippen molar-refractivity contribution >= 4 is 44.4 Å². The van der Waals surface area contributed by atoms with Crippen molar-refractivity contribution in [1.29, 1.82) is 0 Å². The highest BCUT2D eigenvalue weighted by Gasteiger charge is 2.18. The van der Waals surface area contributed by atoms with E-state index in [1.54, 1.807) is 6.92 Å². The second-order valence-electron chi connectivity index (χ2n) is 5.63. The normalized spacial score (nSPS) is 12.3. The van der Waals surface area contributed by atoms with Gasteiger partial charge in [0.25, 0.3) is 5.56 Å². The summed E-state index contributed by atoms with van der Waals surface area (Å²) < 4.78 is 1.04. The van der Waals surface area contributed by atoms with Crippen LogP contribution in [0.4, 0.5) is 5.13 Å². The van der Waals surface area contributed by atoms with Crippen LogP contribution in [0.3, 0.4) is 0 Å². The van der Waals surface area contributed by atoms with Gasteiger partial charge in [-0.2, -0.15) is 0 Å². The number of nitrogens with zero attached hydrogens (tertiary/aromatic N) is 2. The third-order valence-corrected chi connectivity index (χ3v) is 5.48. The van der Waals surface area contributed by atoms with E-state index in [0.717, 1.165) is 15.8 Å². The number of benzene rings is 1. The lowest BCUT2D eigenvalue weighted by atomic mass is 10.2. The van der Waals surface area contributed by atoms with Crippen LogP contribution < -0.4 is 10.9 Å². The number of thioether (sulfide) groups is 1. The number of aromatic nitrogens is 3. The molecule has 0 spiro atoms. The van der Waals surface area contributed by atoms with Gasteiger partial charge >= 0.3 is 0 Å². The molecule has 2 aromatic heterocycles.